The lowest BCUT2D eigenvalue weighted by atomic mass is 10.1. The molecule has 1 amide bonds. The Morgan fingerprint density at radius 3 is 2.88 bits per heavy atom. The van der Waals surface area contributed by atoms with Gasteiger partial charge in [0.15, 0.2) is 6.39 Å². The van der Waals surface area contributed by atoms with Gasteiger partial charge in [-0.3, -0.25) is 9.78 Å². The Kier molecular flexibility index (Phi) is 3.18. The largest absolute Gasteiger partial charge is 0.438 e. The molecule has 88 valence electrons. The fraction of sp³-hybridized carbons (Fsp3) is 0.250. The summed E-state index contributed by atoms with van der Waals surface area (Å²) in [5, 5.41) is 0. The van der Waals surface area contributed by atoms with Crippen molar-refractivity contribution in [2.45, 2.75) is 13.5 Å². The minimum Gasteiger partial charge on any atom is -0.438 e. The number of carbonyl (C=O) groups is 1. The molecule has 17 heavy (non-hydrogen) atoms. The highest BCUT2D eigenvalue weighted by atomic mass is 16.3. The second-order valence-electron chi connectivity index (χ2n) is 3.83. The molecule has 0 aliphatic heterocycles. The standard InChI is InChI=1S/C12H13N3O2/c1-9-5-13-4-3-10(9)7-15(2)12(16)11-6-14-8-17-11/h3-6,8H,7H2,1-2H3. The molecule has 0 atom stereocenters. The molecular formula is C12H13N3O2. The van der Waals surface area contributed by atoms with E-state index in [0.717, 1.165) is 11.1 Å². The van der Waals surface area contributed by atoms with E-state index in [-0.39, 0.29) is 11.7 Å². The average molecular weight is 231 g/mol. The molecule has 0 spiro atoms. The lowest BCUT2D eigenvalue weighted by Crippen LogP contribution is -2.26. The number of aromatic nitrogens is 2. The predicted molar refractivity (Wildman–Crippen MR) is 61.3 cm³/mol. The van der Waals surface area contributed by atoms with E-state index in [1.165, 1.54) is 12.6 Å². The minimum absolute atomic E-state index is 0.182. The highest BCUT2D eigenvalue weighted by Crippen LogP contribution is 2.10. The van der Waals surface area contributed by atoms with Crippen LogP contribution in [0.3, 0.4) is 0 Å². The maximum absolute atomic E-state index is 11.9. The molecule has 0 fully saturated rings. The maximum Gasteiger partial charge on any atom is 0.291 e. The van der Waals surface area contributed by atoms with E-state index >= 15 is 0 Å². The van der Waals surface area contributed by atoms with E-state index in [0.29, 0.717) is 6.54 Å². The first-order chi connectivity index (χ1) is 8.18. The molecule has 0 saturated carbocycles. The van der Waals surface area contributed by atoms with Crippen LogP contribution in [-0.4, -0.2) is 27.8 Å². The molecule has 0 unspecified atom stereocenters. The van der Waals surface area contributed by atoms with Crippen molar-refractivity contribution in [2.75, 3.05) is 7.05 Å². The molecule has 0 aromatic carbocycles. The van der Waals surface area contributed by atoms with Crippen molar-refractivity contribution < 1.29 is 9.21 Å². The molecular weight excluding hydrogens is 218 g/mol. The predicted octanol–water partition coefficient (Wildman–Crippen LogP) is 1.65. The van der Waals surface area contributed by atoms with Gasteiger partial charge in [0.2, 0.25) is 5.76 Å². The minimum atomic E-state index is -0.182. The van der Waals surface area contributed by atoms with Crippen LogP contribution in [0.15, 0.2) is 35.5 Å². The molecule has 2 aromatic rings. The van der Waals surface area contributed by atoms with E-state index in [1.54, 1.807) is 24.3 Å². The Morgan fingerprint density at radius 2 is 2.24 bits per heavy atom. The van der Waals surface area contributed by atoms with Crippen LogP contribution >= 0.6 is 0 Å². The first kappa shape index (κ1) is 11.3. The molecule has 0 saturated heterocycles. The lowest BCUT2D eigenvalue weighted by molar-refractivity contribution is 0.0753. The monoisotopic (exact) mass is 231 g/mol. The zero-order chi connectivity index (χ0) is 12.3. The van der Waals surface area contributed by atoms with Crippen LogP contribution in [0.25, 0.3) is 0 Å². The van der Waals surface area contributed by atoms with E-state index in [4.69, 9.17) is 4.42 Å². The molecule has 0 aliphatic rings. The lowest BCUT2D eigenvalue weighted by Gasteiger charge is -2.16. The summed E-state index contributed by atoms with van der Waals surface area (Å²) < 4.78 is 4.97. The van der Waals surface area contributed by atoms with Crippen LogP contribution in [0.4, 0.5) is 0 Å². The van der Waals surface area contributed by atoms with E-state index in [9.17, 15) is 4.79 Å². The Hall–Kier alpha value is -2.17. The summed E-state index contributed by atoms with van der Waals surface area (Å²) in [6.07, 6.45) is 6.16. The number of hydrogen-bond donors (Lipinski definition) is 0. The zero-order valence-corrected chi connectivity index (χ0v) is 9.75. The van der Waals surface area contributed by atoms with Crippen LogP contribution in [0, 0.1) is 6.92 Å². The van der Waals surface area contributed by atoms with Gasteiger partial charge in [-0.05, 0) is 24.1 Å². The van der Waals surface area contributed by atoms with Gasteiger partial charge < -0.3 is 9.32 Å². The van der Waals surface area contributed by atoms with Gasteiger partial charge in [-0.1, -0.05) is 0 Å². The number of oxazole rings is 1. The van der Waals surface area contributed by atoms with E-state index in [1.807, 2.05) is 13.0 Å². The van der Waals surface area contributed by atoms with Gasteiger partial charge in [0.05, 0.1) is 6.20 Å². The second kappa shape index (κ2) is 4.78. The van der Waals surface area contributed by atoms with Gasteiger partial charge in [0, 0.05) is 26.0 Å². The summed E-state index contributed by atoms with van der Waals surface area (Å²) in [6, 6.07) is 1.90. The van der Waals surface area contributed by atoms with Crippen molar-refractivity contribution in [2.24, 2.45) is 0 Å². The second-order valence-corrected chi connectivity index (χ2v) is 3.83. The number of rotatable bonds is 3. The van der Waals surface area contributed by atoms with Gasteiger partial charge in [0.1, 0.15) is 0 Å². The van der Waals surface area contributed by atoms with Crippen molar-refractivity contribution >= 4 is 5.91 Å². The Morgan fingerprint density at radius 1 is 1.41 bits per heavy atom. The summed E-state index contributed by atoms with van der Waals surface area (Å²) in [4.78, 5) is 21.2. The molecule has 5 heteroatoms. The summed E-state index contributed by atoms with van der Waals surface area (Å²) in [7, 11) is 1.73. The van der Waals surface area contributed by atoms with Crippen LogP contribution in [0.5, 0.6) is 0 Å². The van der Waals surface area contributed by atoms with Gasteiger partial charge in [-0.2, -0.15) is 0 Å². The number of amides is 1. The zero-order valence-electron chi connectivity index (χ0n) is 9.75. The molecule has 2 aromatic heterocycles. The molecule has 0 aliphatic carbocycles. The van der Waals surface area contributed by atoms with Crippen molar-refractivity contribution in [3.63, 3.8) is 0 Å². The van der Waals surface area contributed by atoms with Crippen LogP contribution in [-0.2, 0) is 6.54 Å². The highest BCUT2D eigenvalue weighted by Gasteiger charge is 2.15. The highest BCUT2D eigenvalue weighted by molar-refractivity contribution is 5.90. The van der Waals surface area contributed by atoms with Gasteiger partial charge in [0.25, 0.3) is 5.91 Å². The molecule has 0 radical (unpaired) electrons. The Bertz CT molecular complexity index is 508. The Labute approximate surface area is 99.1 Å². The maximum atomic E-state index is 11.9. The third kappa shape index (κ3) is 2.50. The van der Waals surface area contributed by atoms with Gasteiger partial charge in [-0.15, -0.1) is 0 Å². The number of carbonyl (C=O) groups excluding carboxylic acids is 1. The number of pyridine rings is 1. The number of aryl methyl sites for hydroxylation is 1. The smallest absolute Gasteiger partial charge is 0.291 e. The molecule has 2 rings (SSSR count). The third-order valence-electron chi connectivity index (χ3n) is 2.53. The van der Waals surface area contributed by atoms with Crippen molar-refractivity contribution in [3.8, 4) is 0 Å². The molecule has 5 nitrogen and oxygen atoms in total. The van der Waals surface area contributed by atoms with Crippen LogP contribution in [0.1, 0.15) is 21.7 Å². The third-order valence-corrected chi connectivity index (χ3v) is 2.53. The topological polar surface area (TPSA) is 59.2 Å². The van der Waals surface area contributed by atoms with Gasteiger partial charge >= 0.3 is 0 Å². The summed E-state index contributed by atoms with van der Waals surface area (Å²) in [5.41, 5.74) is 2.13. The summed E-state index contributed by atoms with van der Waals surface area (Å²) in [5.74, 6) is 0.0675. The van der Waals surface area contributed by atoms with E-state index in [2.05, 4.69) is 9.97 Å². The fourth-order valence-corrected chi connectivity index (χ4v) is 1.52. The van der Waals surface area contributed by atoms with Crippen molar-refractivity contribution in [3.05, 3.63) is 47.9 Å². The first-order valence-corrected chi connectivity index (χ1v) is 5.22. The van der Waals surface area contributed by atoms with Crippen molar-refractivity contribution in [1.29, 1.82) is 0 Å². The van der Waals surface area contributed by atoms with E-state index < -0.39 is 0 Å². The normalized spacial score (nSPS) is 10.2. The van der Waals surface area contributed by atoms with Crippen LogP contribution < -0.4 is 0 Å². The number of hydrogen-bond acceptors (Lipinski definition) is 4. The Balaban J connectivity index is 2.10. The SMILES string of the molecule is Cc1cnccc1CN(C)C(=O)c1cnco1. The summed E-state index contributed by atoms with van der Waals surface area (Å²) in [6.45, 7) is 2.49. The van der Waals surface area contributed by atoms with Crippen molar-refractivity contribution in [1.82, 2.24) is 14.9 Å². The molecule has 0 bridgehead atoms. The first-order valence-electron chi connectivity index (χ1n) is 5.22. The number of nitrogens with zero attached hydrogens (tertiary/aromatic N) is 3. The summed E-state index contributed by atoms with van der Waals surface area (Å²) >= 11 is 0. The quantitative estimate of drug-likeness (QED) is 0.805. The van der Waals surface area contributed by atoms with Gasteiger partial charge in [-0.25, -0.2) is 4.98 Å². The average Bonchev–Trinajstić information content (AvgIpc) is 2.84. The molecule has 0 N–H and O–H groups in total. The fourth-order valence-electron chi connectivity index (χ4n) is 1.52. The molecule has 2 heterocycles. The van der Waals surface area contributed by atoms with Crippen LogP contribution in [0.2, 0.25) is 0 Å².